The molecule has 0 spiro atoms. The van der Waals surface area contributed by atoms with Gasteiger partial charge in [-0.15, -0.1) is 0 Å². The van der Waals surface area contributed by atoms with Gasteiger partial charge < -0.3 is 10.6 Å². The van der Waals surface area contributed by atoms with E-state index >= 15 is 0 Å². The van der Waals surface area contributed by atoms with Crippen LogP contribution < -0.4 is 16.2 Å². The van der Waals surface area contributed by atoms with Gasteiger partial charge in [-0.2, -0.15) is 5.10 Å². The normalized spacial score (nSPS) is 12.7. The summed E-state index contributed by atoms with van der Waals surface area (Å²) < 4.78 is 18.5. The summed E-state index contributed by atoms with van der Waals surface area (Å²) in [5.41, 5.74) is 5.78. The number of nitrogens with one attached hydrogen (secondary N) is 2. The highest BCUT2D eigenvalue weighted by Gasteiger charge is 2.21. The molecule has 0 aliphatic carbocycles. The lowest BCUT2D eigenvalue weighted by Crippen LogP contribution is -2.27. The van der Waals surface area contributed by atoms with Gasteiger partial charge in [0.1, 0.15) is 11.5 Å². The Morgan fingerprint density at radius 1 is 1.08 bits per heavy atom. The van der Waals surface area contributed by atoms with E-state index in [9.17, 15) is 14.0 Å². The van der Waals surface area contributed by atoms with Crippen LogP contribution in [0.4, 0.5) is 10.1 Å². The number of hydrogen-bond donors (Lipinski definition) is 2. The van der Waals surface area contributed by atoms with E-state index in [1.54, 1.807) is 6.07 Å². The first-order valence-corrected chi connectivity index (χ1v) is 13.1. The van der Waals surface area contributed by atoms with Crippen molar-refractivity contribution in [2.45, 2.75) is 39.8 Å². The van der Waals surface area contributed by atoms with E-state index in [4.69, 9.17) is 0 Å². The van der Waals surface area contributed by atoms with Crippen molar-refractivity contribution in [1.82, 2.24) is 24.6 Å². The Morgan fingerprint density at radius 3 is 2.72 bits per heavy atom. The SMILES string of the molecule is CNC(=O)c1ccc(-c2nc(C)ccc2NCCc2cc(C)cc3c(=O)n4c5c(cnn5CCC4)c23)cc1F. The second-order valence-electron chi connectivity index (χ2n) is 10.1. The van der Waals surface area contributed by atoms with E-state index in [1.807, 2.05) is 47.5 Å². The molecule has 5 aromatic rings. The van der Waals surface area contributed by atoms with Crippen molar-refractivity contribution in [2.75, 3.05) is 18.9 Å². The number of fused-ring (bicyclic) bond motifs is 2. The Bertz CT molecular complexity index is 1840. The molecule has 198 valence electrons. The van der Waals surface area contributed by atoms with E-state index in [0.29, 0.717) is 30.8 Å². The minimum Gasteiger partial charge on any atom is -0.383 e. The molecule has 4 heterocycles. The average molecular weight is 525 g/mol. The van der Waals surface area contributed by atoms with Gasteiger partial charge in [0.05, 0.1) is 23.1 Å². The molecule has 39 heavy (non-hydrogen) atoms. The number of benzene rings is 2. The number of hydrogen-bond acceptors (Lipinski definition) is 5. The monoisotopic (exact) mass is 524 g/mol. The molecule has 3 aromatic heterocycles. The molecule has 2 N–H and O–H groups in total. The zero-order valence-electron chi connectivity index (χ0n) is 22.1. The maximum absolute atomic E-state index is 14.7. The molecule has 9 heteroatoms. The number of aromatic nitrogens is 4. The van der Waals surface area contributed by atoms with Gasteiger partial charge >= 0.3 is 0 Å². The minimum atomic E-state index is -0.601. The largest absolute Gasteiger partial charge is 0.383 e. The molecule has 8 nitrogen and oxygen atoms in total. The molecule has 0 bridgehead atoms. The third-order valence-corrected chi connectivity index (χ3v) is 7.39. The zero-order chi connectivity index (χ0) is 27.3. The Kier molecular flexibility index (Phi) is 6.13. The van der Waals surface area contributed by atoms with Gasteiger partial charge in [-0.1, -0.05) is 17.7 Å². The second-order valence-corrected chi connectivity index (χ2v) is 10.1. The Morgan fingerprint density at radius 2 is 1.92 bits per heavy atom. The highest BCUT2D eigenvalue weighted by atomic mass is 19.1. The van der Waals surface area contributed by atoms with Crippen LogP contribution in [0.3, 0.4) is 0 Å². The van der Waals surface area contributed by atoms with Gasteiger partial charge in [0.2, 0.25) is 0 Å². The van der Waals surface area contributed by atoms with Gasteiger partial charge in [0, 0.05) is 54.1 Å². The highest BCUT2D eigenvalue weighted by molar-refractivity contribution is 6.06. The summed E-state index contributed by atoms with van der Waals surface area (Å²) >= 11 is 0. The highest BCUT2D eigenvalue weighted by Crippen LogP contribution is 2.31. The van der Waals surface area contributed by atoms with E-state index in [0.717, 1.165) is 57.3 Å². The number of anilines is 1. The fraction of sp³-hybridized carbons (Fsp3) is 0.267. The van der Waals surface area contributed by atoms with E-state index in [1.165, 1.54) is 19.2 Å². The Balaban J connectivity index is 1.34. The van der Waals surface area contributed by atoms with Crippen LogP contribution in [-0.4, -0.2) is 38.8 Å². The van der Waals surface area contributed by atoms with Crippen LogP contribution in [0.1, 0.15) is 33.6 Å². The fourth-order valence-electron chi connectivity index (χ4n) is 5.61. The number of amides is 1. The first kappa shape index (κ1) is 24.8. The molecule has 6 rings (SSSR count). The molecule has 1 amide bonds. The summed E-state index contributed by atoms with van der Waals surface area (Å²) in [7, 11) is 1.47. The van der Waals surface area contributed by atoms with Gasteiger partial charge in [0.15, 0.2) is 0 Å². The molecule has 0 unspecified atom stereocenters. The van der Waals surface area contributed by atoms with Crippen LogP contribution in [-0.2, 0) is 19.5 Å². The summed E-state index contributed by atoms with van der Waals surface area (Å²) in [6.45, 7) is 5.99. The fourth-order valence-corrected chi connectivity index (χ4v) is 5.61. The van der Waals surface area contributed by atoms with Crippen LogP contribution in [0.2, 0.25) is 0 Å². The zero-order valence-corrected chi connectivity index (χ0v) is 22.1. The van der Waals surface area contributed by atoms with Gasteiger partial charge in [0.25, 0.3) is 11.5 Å². The van der Waals surface area contributed by atoms with E-state index in [-0.39, 0.29) is 11.1 Å². The predicted molar refractivity (Wildman–Crippen MR) is 151 cm³/mol. The molecular weight excluding hydrogens is 495 g/mol. The van der Waals surface area contributed by atoms with Crippen molar-refractivity contribution >= 4 is 33.4 Å². The van der Waals surface area contributed by atoms with Crippen LogP contribution in [0.5, 0.6) is 0 Å². The predicted octanol–water partition coefficient (Wildman–Crippen LogP) is 4.59. The van der Waals surface area contributed by atoms with Crippen molar-refractivity contribution in [3.8, 4) is 11.3 Å². The number of rotatable bonds is 6. The quantitative estimate of drug-likeness (QED) is 0.339. The summed E-state index contributed by atoms with van der Waals surface area (Å²) in [6, 6.07) is 12.5. The topological polar surface area (TPSA) is 93.8 Å². The first-order chi connectivity index (χ1) is 18.9. The van der Waals surface area contributed by atoms with Gasteiger partial charge in [-0.05, 0) is 62.6 Å². The standard InChI is InChI=1S/C30H29FN6O2/c1-17-13-19(26-22(14-17)30(39)36-11-4-12-37-29(36)23(26)16-34-37)9-10-33-25-8-5-18(2)35-27(25)20-6-7-21(24(31)15-20)28(38)32-3/h5-8,13-16,33H,4,9-12H2,1-3H3,(H,32,38). The van der Waals surface area contributed by atoms with Crippen molar-refractivity contribution in [2.24, 2.45) is 0 Å². The third kappa shape index (κ3) is 4.24. The van der Waals surface area contributed by atoms with Crippen LogP contribution in [0, 0.1) is 19.7 Å². The number of aryl methyl sites for hydroxylation is 4. The first-order valence-electron chi connectivity index (χ1n) is 13.1. The van der Waals surface area contributed by atoms with Crippen molar-refractivity contribution < 1.29 is 9.18 Å². The van der Waals surface area contributed by atoms with Gasteiger partial charge in [-0.3, -0.25) is 19.1 Å². The Labute approximate surface area is 224 Å². The van der Waals surface area contributed by atoms with Crippen molar-refractivity contribution in [3.63, 3.8) is 0 Å². The lowest BCUT2D eigenvalue weighted by atomic mass is 9.97. The summed E-state index contributed by atoms with van der Waals surface area (Å²) in [5, 5.41) is 13.2. The molecular formula is C30H29FN6O2. The maximum atomic E-state index is 14.7. The number of carbonyl (C=O) groups is 1. The molecule has 0 saturated heterocycles. The lowest BCUT2D eigenvalue weighted by Gasteiger charge is -2.19. The molecule has 0 atom stereocenters. The number of halogens is 1. The maximum Gasteiger partial charge on any atom is 0.260 e. The summed E-state index contributed by atoms with van der Waals surface area (Å²) in [5.74, 6) is -1.08. The van der Waals surface area contributed by atoms with Crippen LogP contribution in [0.25, 0.3) is 33.1 Å². The van der Waals surface area contributed by atoms with Gasteiger partial charge in [-0.25, -0.2) is 9.07 Å². The molecule has 0 saturated carbocycles. The summed E-state index contributed by atoms with van der Waals surface area (Å²) in [4.78, 5) is 30.0. The summed E-state index contributed by atoms with van der Waals surface area (Å²) in [6.07, 6.45) is 3.44. The smallest absolute Gasteiger partial charge is 0.260 e. The lowest BCUT2D eigenvalue weighted by molar-refractivity contribution is 0.0959. The second kappa shape index (κ2) is 9.65. The molecule has 2 aromatic carbocycles. The van der Waals surface area contributed by atoms with Crippen molar-refractivity contribution in [1.29, 1.82) is 0 Å². The van der Waals surface area contributed by atoms with E-state index < -0.39 is 11.7 Å². The molecule has 0 radical (unpaired) electrons. The number of pyridine rings is 2. The van der Waals surface area contributed by atoms with Crippen LogP contribution in [0.15, 0.2) is 53.5 Å². The number of carbonyl (C=O) groups excluding carboxylic acids is 1. The molecule has 0 fully saturated rings. The van der Waals surface area contributed by atoms with E-state index in [2.05, 4.69) is 26.8 Å². The molecule has 1 aliphatic rings. The minimum absolute atomic E-state index is 0.0110. The number of nitrogens with zero attached hydrogens (tertiary/aromatic N) is 4. The average Bonchev–Trinajstić information content (AvgIpc) is 3.36. The van der Waals surface area contributed by atoms with Crippen LogP contribution >= 0.6 is 0 Å². The third-order valence-electron chi connectivity index (χ3n) is 7.39. The molecule has 1 aliphatic heterocycles. The Hall–Kier alpha value is -4.53. The van der Waals surface area contributed by atoms with Crippen molar-refractivity contribution in [3.05, 3.63) is 87.2 Å².